The van der Waals surface area contributed by atoms with Gasteiger partial charge in [-0.3, -0.25) is 14.4 Å². The SMILES string of the molecule is Cc1cc(CCC(=O)O)nn1[B-](n1nc(CCC(=O)O)cc1C)n1nc(CCC(=O)O)cc1C. The van der Waals surface area contributed by atoms with Crippen molar-refractivity contribution in [2.75, 3.05) is 0 Å². The van der Waals surface area contributed by atoms with E-state index in [1.54, 1.807) is 13.8 Å². The number of aliphatic carboxylic acids is 3. The molecular weight excluding hydrogens is 443 g/mol. The molecule has 0 bridgehead atoms. The quantitative estimate of drug-likeness (QED) is 0.330. The number of carboxylic acid groups (broad SMARTS) is 3. The minimum absolute atomic E-state index is 0.0542. The summed E-state index contributed by atoms with van der Waals surface area (Å²) in [6.45, 7) is 5.54. The van der Waals surface area contributed by atoms with Crippen LogP contribution in [0.25, 0.3) is 0 Å². The minimum atomic E-state index is -0.916. The summed E-state index contributed by atoms with van der Waals surface area (Å²) in [4.78, 5) is 33.0. The number of aromatic nitrogens is 6. The first-order valence-electron chi connectivity index (χ1n) is 10.9. The third-order valence-electron chi connectivity index (χ3n) is 5.36. The van der Waals surface area contributed by atoms with Crippen molar-refractivity contribution in [3.8, 4) is 0 Å². The van der Waals surface area contributed by atoms with E-state index in [0.29, 0.717) is 17.1 Å². The molecule has 0 aliphatic carbocycles. The molecule has 0 aromatic carbocycles. The van der Waals surface area contributed by atoms with Crippen LogP contribution in [0.2, 0.25) is 0 Å². The maximum absolute atomic E-state index is 11.0. The molecule has 3 rings (SSSR count). The molecule has 0 fully saturated rings. The first kappa shape index (κ1) is 24.7. The predicted octanol–water partition coefficient (Wildman–Crippen LogP) is 1.18. The van der Waals surface area contributed by atoms with Crippen LogP contribution < -0.4 is 0 Å². The van der Waals surface area contributed by atoms with E-state index in [2.05, 4.69) is 15.3 Å². The molecule has 0 aliphatic heterocycles. The molecule has 3 aromatic heterocycles. The number of nitrogens with zero attached hydrogens (tertiary/aromatic N) is 6. The number of hydrogen-bond donors (Lipinski definition) is 3. The van der Waals surface area contributed by atoms with Crippen molar-refractivity contribution in [2.45, 2.75) is 59.3 Å². The summed E-state index contributed by atoms with van der Waals surface area (Å²) >= 11 is 0. The van der Waals surface area contributed by atoms with Crippen molar-refractivity contribution < 1.29 is 29.7 Å². The molecule has 0 saturated heterocycles. The standard InChI is InChI=1S/C21H27BN6O6/c1-13-10-16(4-7-19(29)30)23-26(13)22(27-14(2)11-17(24-27)5-8-20(31)32)28-15(3)12-18(25-28)6-9-21(33)34/h10-12H,4-9H2,1-3H3,(H,29,30)(H,31,32)(H,33,34)/q-1. The summed E-state index contributed by atoms with van der Waals surface area (Å²) in [6, 6.07) is 5.43. The van der Waals surface area contributed by atoms with Crippen LogP contribution in [0.3, 0.4) is 0 Å². The van der Waals surface area contributed by atoms with Gasteiger partial charge in [0.1, 0.15) is 0 Å². The maximum Gasteiger partial charge on any atom is 0.303 e. The maximum atomic E-state index is 11.0. The molecule has 1 radical (unpaired) electrons. The van der Waals surface area contributed by atoms with E-state index in [1.807, 2.05) is 39.0 Å². The van der Waals surface area contributed by atoms with Crippen LogP contribution in [0.15, 0.2) is 18.2 Å². The normalized spacial score (nSPS) is 11.3. The summed E-state index contributed by atoms with van der Waals surface area (Å²) in [5, 5.41) is 41.0. The highest BCUT2D eigenvalue weighted by Gasteiger charge is 2.19. The molecule has 3 N–H and O–H groups in total. The van der Waals surface area contributed by atoms with Crippen LogP contribution in [-0.4, -0.2) is 69.4 Å². The second kappa shape index (κ2) is 10.4. The van der Waals surface area contributed by atoms with Crippen LogP contribution in [-0.2, 0) is 33.6 Å². The molecule has 12 nitrogen and oxygen atoms in total. The number of rotatable bonds is 12. The fourth-order valence-corrected chi connectivity index (χ4v) is 3.74. The van der Waals surface area contributed by atoms with Crippen LogP contribution in [0.1, 0.15) is 53.4 Å². The van der Waals surface area contributed by atoms with Crippen LogP contribution >= 0.6 is 0 Å². The average Bonchev–Trinajstić information content (AvgIpc) is 3.42. The number of aryl methyl sites for hydroxylation is 6. The second-order valence-electron chi connectivity index (χ2n) is 8.19. The van der Waals surface area contributed by atoms with Crippen molar-refractivity contribution in [2.24, 2.45) is 0 Å². The van der Waals surface area contributed by atoms with Gasteiger partial charge in [-0.1, -0.05) is 0 Å². The third kappa shape index (κ3) is 5.91. The highest BCUT2D eigenvalue weighted by molar-refractivity contribution is 6.53. The molecule has 3 heterocycles. The lowest BCUT2D eigenvalue weighted by atomic mass is 9.93. The summed E-state index contributed by atoms with van der Waals surface area (Å²) < 4.78 is 5.08. The van der Waals surface area contributed by atoms with Crippen LogP contribution in [0, 0.1) is 20.8 Å². The molecular formula is C21H27BN6O6-. The molecule has 0 saturated carbocycles. The lowest BCUT2D eigenvalue weighted by Crippen LogP contribution is -2.45. The Bertz CT molecular complexity index is 1060. The van der Waals surface area contributed by atoms with Crippen molar-refractivity contribution in [3.63, 3.8) is 0 Å². The highest BCUT2D eigenvalue weighted by atomic mass is 16.4. The van der Waals surface area contributed by atoms with Crippen LogP contribution in [0.5, 0.6) is 0 Å². The minimum Gasteiger partial charge on any atom is -0.481 e. The van der Waals surface area contributed by atoms with Gasteiger partial charge in [0.2, 0.25) is 0 Å². The second-order valence-corrected chi connectivity index (χ2v) is 8.19. The lowest BCUT2D eigenvalue weighted by Gasteiger charge is -2.33. The van der Waals surface area contributed by atoms with Crippen molar-refractivity contribution in [1.29, 1.82) is 0 Å². The third-order valence-corrected chi connectivity index (χ3v) is 5.36. The van der Waals surface area contributed by atoms with Gasteiger partial charge >= 0.3 is 17.9 Å². The Kier molecular flexibility index (Phi) is 7.54. The van der Waals surface area contributed by atoms with Crippen molar-refractivity contribution in [3.05, 3.63) is 52.4 Å². The van der Waals surface area contributed by atoms with E-state index < -0.39 is 25.0 Å². The van der Waals surface area contributed by atoms with Gasteiger partial charge in [0.05, 0.1) is 36.3 Å². The summed E-state index contributed by atoms with van der Waals surface area (Å²) in [6.07, 6.45) is 0.629. The Morgan fingerprint density at radius 2 is 0.912 bits per heavy atom. The molecule has 34 heavy (non-hydrogen) atoms. The van der Waals surface area contributed by atoms with Crippen molar-refractivity contribution >= 4 is 25.0 Å². The molecule has 13 heteroatoms. The molecule has 3 aromatic rings. The van der Waals surface area contributed by atoms with E-state index in [4.69, 9.17) is 15.3 Å². The smallest absolute Gasteiger partial charge is 0.303 e. The molecule has 0 aliphatic rings. The summed E-state index contributed by atoms with van der Waals surface area (Å²) in [5.41, 5.74) is 4.10. The van der Waals surface area contributed by atoms with Gasteiger partial charge in [-0.15, -0.1) is 0 Å². The summed E-state index contributed by atoms with van der Waals surface area (Å²) in [5.74, 6) is -2.75. The zero-order valence-corrected chi connectivity index (χ0v) is 19.3. The Labute approximate surface area is 196 Å². The Balaban J connectivity index is 2.06. The Hall–Kier alpha value is -3.90. The molecule has 0 unspecified atom stereocenters. The molecule has 0 atom stereocenters. The highest BCUT2D eigenvalue weighted by Crippen LogP contribution is 2.15. The largest absolute Gasteiger partial charge is 0.481 e. The summed E-state index contributed by atoms with van der Waals surface area (Å²) in [7, 11) is -0.685. The van der Waals surface area contributed by atoms with Crippen molar-refractivity contribution in [1.82, 2.24) is 29.1 Å². The zero-order valence-electron chi connectivity index (χ0n) is 19.3. The van der Waals surface area contributed by atoms with Gasteiger partial charge in [0, 0.05) is 19.3 Å². The van der Waals surface area contributed by atoms with E-state index in [9.17, 15) is 14.4 Å². The van der Waals surface area contributed by atoms with E-state index in [0.717, 1.165) is 17.1 Å². The Morgan fingerprint density at radius 3 is 1.15 bits per heavy atom. The Morgan fingerprint density at radius 1 is 0.647 bits per heavy atom. The van der Waals surface area contributed by atoms with Gasteiger partial charge in [-0.05, 0) is 56.1 Å². The fraction of sp³-hybridized carbons (Fsp3) is 0.429. The molecule has 0 amide bonds. The predicted molar refractivity (Wildman–Crippen MR) is 121 cm³/mol. The van der Waals surface area contributed by atoms with Gasteiger partial charge < -0.3 is 29.1 Å². The van der Waals surface area contributed by atoms with Gasteiger partial charge in [0.25, 0.3) is 7.12 Å². The zero-order chi connectivity index (χ0) is 25.0. The van der Waals surface area contributed by atoms with Gasteiger partial charge in [0.15, 0.2) is 0 Å². The number of carbonyl (C=O) groups is 3. The molecule has 181 valence electrons. The van der Waals surface area contributed by atoms with Gasteiger partial charge in [-0.25, -0.2) is 15.3 Å². The van der Waals surface area contributed by atoms with E-state index in [-0.39, 0.29) is 38.5 Å². The number of hydrogen-bond acceptors (Lipinski definition) is 6. The first-order chi connectivity index (χ1) is 16.0. The van der Waals surface area contributed by atoms with E-state index >= 15 is 0 Å². The first-order valence-corrected chi connectivity index (χ1v) is 10.9. The lowest BCUT2D eigenvalue weighted by molar-refractivity contribution is -0.138. The van der Waals surface area contributed by atoms with Crippen LogP contribution in [0.4, 0.5) is 0 Å². The number of carboxylic acids is 3. The fourth-order valence-electron chi connectivity index (χ4n) is 3.74. The van der Waals surface area contributed by atoms with E-state index in [1.165, 1.54) is 0 Å². The van der Waals surface area contributed by atoms with Gasteiger partial charge in [-0.2, -0.15) is 0 Å². The monoisotopic (exact) mass is 470 g/mol. The average molecular weight is 470 g/mol. The molecule has 0 spiro atoms. The topological polar surface area (TPSA) is 165 Å².